The van der Waals surface area contributed by atoms with Crippen molar-refractivity contribution in [2.75, 3.05) is 33.8 Å². The van der Waals surface area contributed by atoms with E-state index in [9.17, 15) is 53.7 Å². The van der Waals surface area contributed by atoms with Crippen molar-refractivity contribution in [3.8, 4) is 11.5 Å². The first-order chi connectivity index (χ1) is 55.5. The van der Waals surface area contributed by atoms with Crippen molar-refractivity contribution in [3.63, 3.8) is 0 Å². The van der Waals surface area contributed by atoms with Crippen LogP contribution in [0.2, 0.25) is 15.1 Å². The van der Waals surface area contributed by atoms with Crippen molar-refractivity contribution in [1.29, 1.82) is 0 Å². The maximum absolute atomic E-state index is 13.1. The molecule has 8 N–H and O–H groups in total. The fraction of sp³-hybridized carbons (Fsp3) is 0.0659. The minimum absolute atomic E-state index is 0.0565. The van der Waals surface area contributed by atoms with E-state index in [1.807, 2.05) is 78.9 Å². The number of aliphatic hydroxyl groups excluding tert-OH is 2. The SMILES string of the molecule is C=CC(=O)Nc1ccc(/C=C2\NC(=O)C=C2c2ccc(Cl)cc2)cc1.COC(=O)c1ccc(/C=C2\NC(=O)C(C(O)c3ccc(C(=O)OC)cc3)=C2c2ccc(O)cc2)cc1.COC(=O)c1ccc(/C=C2\NC(=O)C=C2c2ccc(Cl)cc2)cc1.COc1ccc(C(O)C2=C(c3ccc(Cl)cc3)/C(=C/c3ccncc3)NC2=O)cc1. The number of halogens is 3. The summed E-state index contributed by atoms with van der Waals surface area (Å²) in [6.07, 6.45) is 12.6. The highest BCUT2D eigenvalue weighted by Crippen LogP contribution is 2.42. The van der Waals surface area contributed by atoms with Gasteiger partial charge in [0.15, 0.2) is 0 Å². The highest BCUT2D eigenvalue weighted by atomic mass is 35.5. The number of carbonyl (C=O) groups excluding carboxylic acids is 8. The average molecular weight is 1590 g/mol. The molecule has 0 saturated carbocycles. The van der Waals surface area contributed by atoms with Crippen LogP contribution < -0.4 is 31.3 Å². The zero-order chi connectivity index (χ0) is 81.8. The van der Waals surface area contributed by atoms with Gasteiger partial charge in [0.05, 0.1) is 67.7 Å². The lowest BCUT2D eigenvalue weighted by atomic mass is 9.92. The topological polar surface area (TPSA) is 307 Å². The van der Waals surface area contributed by atoms with E-state index in [0.29, 0.717) is 93.7 Å². The summed E-state index contributed by atoms with van der Waals surface area (Å²) < 4.78 is 19.3. The van der Waals surface area contributed by atoms with Gasteiger partial charge in [0, 0.05) is 79.0 Å². The second-order valence-electron chi connectivity index (χ2n) is 25.4. The molecule has 0 aliphatic carbocycles. The predicted octanol–water partition coefficient (Wildman–Crippen LogP) is 15.7. The van der Waals surface area contributed by atoms with E-state index in [1.54, 1.807) is 183 Å². The molecule has 0 fully saturated rings. The van der Waals surface area contributed by atoms with Gasteiger partial charge in [-0.15, -0.1) is 0 Å². The van der Waals surface area contributed by atoms with E-state index in [2.05, 4.69) is 42.9 Å². The third kappa shape index (κ3) is 20.9. The molecule has 5 heterocycles. The van der Waals surface area contributed by atoms with Crippen molar-refractivity contribution in [2.45, 2.75) is 12.2 Å². The number of methoxy groups -OCH3 is 4. The number of hydrogen-bond donors (Lipinski definition) is 8. The van der Waals surface area contributed by atoms with Crippen LogP contribution in [-0.4, -0.2) is 96.2 Å². The van der Waals surface area contributed by atoms with Gasteiger partial charge in [0.2, 0.25) is 17.7 Å². The van der Waals surface area contributed by atoms with E-state index in [4.69, 9.17) is 49.0 Å². The van der Waals surface area contributed by atoms with Crippen molar-refractivity contribution in [3.05, 3.63) is 389 Å². The maximum Gasteiger partial charge on any atom is 0.337 e. The summed E-state index contributed by atoms with van der Waals surface area (Å²) in [5.74, 6) is -2.05. The molecule has 10 aromatic rings. The second kappa shape index (κ2) is 38.2. The summed E-state index contributed by atoms with van der Waals surface area (Å²) >= 11 is 17.9. The van der Waals surface area contributed by atoms with Crippen LogP contribution in [0.3, 0.4) is 0 Å². The summed E-state index contributed by atoms with van der Waals surface area (Å²) in [7, 11) is 5.50. The van der Waals surface area contributed by atoms with Gasteiger partial charge >= 0.3 is 17.9 Å². The Balaban J connectivity index is 0.000000153. The van der Waals surface area contributed by atoms with E-state index in [-0.39, 0.29) is 46.5 Å². The van der Waals surface area contributed by atoms with Gasteiger partial charge < -0.3 is 60.9 Å². The molecule has 0 radical (unpaired) electrons. The molecule has 2 unspecified atom stereocenters. The third-order valence-corrected chi connectivity index (χ3v) is 18.7. The number of carbonyl (C=O) groups is 8. The number of phenolic OH excluding ortho intramolecular Hbond substituents is 1. The first kappa shape index (κ1) is 81.9. The molecule has 1 aromatic heterocycles. The molecule has 0 spiro atoms. The van der Waals surface area contributed by atoms with Crippen LogP contribution in [0.1, 0.15) is 98.9 Å². The van der Waals surface area contributed by atoms with Gasteiger partial charge in [0.25, 0.3) is 11.8 Å². The number of allylic oxidation sites excluding steroid dienone is 4. The number of esters is 3. The Hall–Kier alpha value is -14.1. The monoisotopic (exact) mass is 1590 g/mol. The number of phenols is 1. The zero-order valence-electron chi connectivity index (χ0n) is 61.8. The first-order valence-electron chi connectivity index (χ1n) is 35.1. The number of amides is 5. The molecule has 14 rings (SSSR count). The zero-order valence-corrected chi connectivity index (χ0v) is 64.1. The Morgan fingerprint density at radius 1 is 0.417 bits per heavy atom. The quantitative estimate of drug-likeness (QED) is 0.0225. The number of pyridine rings is 1. The van der Waals surface area contributed by atoms with E-state index >= 15 is 0 Å². The lowest BCUT2D eigenvalue weighted by Crippen LogP contribution is -2.19. The lowest BCUT2D eigenvalue weighted by Gasteiger charge is -2.14. The van der Waals surface area contributed by atoms with Gasteiger partial charge in [-0.1, -0.05) is 151 Å². The van der Waals surface area contributed by atoms with E-state index < -0.39 is 30.1 Å². The van der Waals surface area contributed by atoms with Crippen LogP contribution in [0.5, 0.6) is 11.5 Å². The Morgan fingerprint density at radius 2 is 0.748 bits per heavy atom. The number of rotatable bonds is 18. The fourth-order valence-electron chi connectivity index (χ4n) is 12.2. The maximum atomic E-state index is 13.1. The van der Waals surface area contributed by atoms with Crippen molar-refractivity contribution in [2.24, 2.45) is 0 Å². The number of nitrogens with one attached hydrogen (secondary N) is 5. The van der Waals surface area contributed by atoms with Crippen molar-refractivity contribution < 1.29 is 72.6 Å². The standard InChI is InChI=1S/C28H23NO7.C24H19ClN2O3.C20H15ClN2O2.C19H14ClNO3/c1-35-27(33)19-5-3-16(4-6-19)15-22-23(17-11-13-21(30)14-12-17)24(26(32)29-22)25(31)18-7-9-20(10-8-18)28(34)36-2;1-30-19-8-4-17(5-9-19)23(28)22-21(16-2-6-18(25)7-3-16)20(27-24(22)29)14-15-10-12-26-13-11-15;1-2-19(24)22-16-9-3-13(4-10-16)11-18-17(12-20(25)23-18)14-5-7-15(21)8-6-14;1-24-19(23)14-4-2-12(3-5-14)10-17-16(11-18(22)21-17)13-6-8-15(20)9-7-13/h3-15,25,30-31H,1-2H3,(H,29,32);2-14,23,28H,1H3,(H,27,29);2-12H,1H2,(H,22,24)(H,23,25);2-11H,1H3,(H,21,22)/b22-15-;20-14-;18-11-;17-10-. The molecule has 4 aliphatic heterocycles. The predicted molar refractivity (Wildman–Crippen MR) is 442 cm³/mol. The highest BCUT2D eigenvalue weighted by molar-refractivity contribution is 6.31. The summed E-state index contributed by atoms with van der Waals surface area (Å²) in [6, 6.07) is 65.7. The van der Waals surface area contributed by atoms with Gasteiger partial charge in [-0.25, -0.2) is 14.4 Å². The van der Waals surface area contributed by atoms with Gasteiger partial charge in [-0.3, -0.25) is 29.0 Å². The summed E-state index contributed by atoms with van der Waals surface area (Å²) in [6.45, 7) is 3.42. The van der Waals surface area contributed by atoms with Crippen LogP contribution >= 0.6 is 34.8 Å². The number of aromatic hydroxyl groups is 1. The Kier molecular flexibility index (Phi) is 27.2. The summed E-state index contributed by atoms with van der Waals surface area (Å²) in [5, 5.41) is 48.0. The molecule has 24 heteroatoms. The molecular weight excluding hydrogens is 1520 g/mol. The number of anilines is 1. The van der Waals surface area contributed by atoms with Crippen LogP contribution in [-0.2, 0) is 38.2 Å². The van der Waals surface area contributed by atoms with Crippen LogP contribution in [0, 0.1) is 0 Å². The molecule has 4 aliphatic rings. The number of benzene rings is 9. The van der Waals surface area contributed by atoms with Crippen LogP contribution in [0.25, 0.3) is 46.6 Å². The van der Waals surface area contributed by atoms with Gasteiger partial charge in [-0.05, 0) is 207 Å². The normalized spacial score (nSPS) is 15.2. The Labute approximate surface area is 675 Å². The van der Waals surface area contributed by atoms with E-state index in [1.165, 1.54) is 51.7 Å². The molecule has 576 valence electrons. The number of hydrogen-bond acceptors (Lipinski definition) is 16. The minimum atomic E-state index is -1.30. The van der Waals surface area contributed by atoms with Crippen molar-refractivity contribution in [1.82, 2.24) is 26.3 Å². The minimum Gasteiger partial charge on any atom is -0.508 e. The molecule has 0 saturated heterocycles. The molecule has 5 amide bonds. The van der Waals surface area contributed by atoms with Crippen LogP contribution in [0.15, 0.2) is 302 Å². The summed E-state index contributed by atoms with van der Waals surface area (Å²) in [4.78, 5) is 99.8. The smallest absolute Gasteiger partial charge is 0.337 e. The highest BCUT2D eigenvalue weighted by Gasteiger charge is 2.36. The third-order valence-electron chi connectivity index (χ3n) is 17.9. The number of nitrogens with zero attached hydrogens (tertiary/aromatic N) is 1. The largest absolute Gasteiger partial charge is 0.508 e. The van der Waals surface area contributed by atoms with Crippen LogP contribution in [0.4, 0.5) is 5.69 Å². The lowest BCUT2D eigenvalue weighted by molar-refractivity contribution is -0.118. The van der Waals surface area contributed by atoms with Crippen molar-refractivity contribution >= 4 is 135 Å². The first-order valence-corrected chi connectivity index (χ1v) is 36.2. The Bertz CT molecular complexity index is 5630. The number of aliphatic hydroxyl groups is 2. The average Bonchev–Trinajstić information content (AvgIpc) is 1.63. The Morgan fingerprint density at radius 3 is 1.11 bits per heavy atom. The number of ether oxygens (including phenoxy) is 4. The molecule has 115 heavy (non-hydrogen) atoms. The molecule has 2 atom stereocenters. The van der Waals surface area contributed by atoms with Gasteiger partial charge in [-0.2, -0.15) is 0 Å². The van der Waals surface area contributed by atoms with Gasteiger partial charge in [0.1, 0.15) is 23.7 Å². The molecule has 9 aromatic carbocycles. The fourth-order valence-corrected chi connectivity index (χ4v) is 12.5. The molecule has 21 nitrogen and oxygen atoms in total. The molecular formula is C91H71Cl3N6O15. The second-order valence-corrected chi connectivity index (χ2v) is 26.7. The van der Waals surface area contributed by atoms with E-state index in [0.717, 1.165) is 50.2 Å². The molecule has 0 bridgehead atoms. The summed E-state index contributed by atoms with van der Waals surface area (Å²) in [5.41, 5.74) is 14.9. The number of aromatic nitrogens is 1.